The fourth-order valence-electron chi connectivity index (χ4n) is 3.79. The van der Waals surface area contributed by atoms with Crippen molar-refractivity contribution in [2.24, 2.45) is 5.92 Å². The lowest BCUT2D eigenvalue weighted by Crippen LogP contribution is -2.50. The van der Waals surface area contributed by atoms with Gasteiger partial charge in [-0.2, -0.15) is 10.1 Å². The number of carbonyl (C=O) groups is 1. The Morgan fingerprint density at radius 1 is 1.32 bits per heavy atom. The average molecular weight is 540 g/mol. The number of esters is 1. The van der Waals surface area contributed by atoms with E-state index in [1.54, 1.807) is 12.1 Å². The predicted octanol–water partition coefficient (Wildman–Crippen LogP) is 2.68. The molecule has 0 amide bonds. The van der Waals surface area contributed by atoms with Crippen molar-refractivity contribution in [2.45, 2.75) is 50.9 Å². The highest BCUT2D eigenvalue weighted by atomic mass is 35.5. The Hall–Kier alpha value is -3.26. The molecule has 5 atom stereocenters. The van der Waals surface area contributed by atoms with Crippen molar-refractivity contribution in [1.82, 2.24) is 24.3 Å². The number of hydrogen-bond donors (Lipinski definition) is 1. The molecule has 37 heavy (non-hydrogen) atoms. The predicted molar refractivity (Wildman–Crippen MR) is 124 cm³/mol. The zero-order valence-corrected chi connectivity index (χ0v) is 20.7. The summed E-state index contributed by atoms with van der Waals surface area (Å²) in [7, 11) is 0. The fraction of sp³-hybridized carbons (Fsp3) is 0.435. The van der Waals surface area contributed by atoms with Gasteiger partial charge in [0.25, 0.3) is 5.85 Å². The zero-order valence-electron chi connectivity index (χ0n) is 20.0. The first-order valence-electron chi connectivity index (χ1n) is 11.2. The zero-order chi connectivity index (χ0) is 27.0. The molecule has 0 spiro atoms. The van der Waals surface area contributed by atoms with Gasteiger partial charge < -0.3 is 19.3 Å². The first-order chi connectivity index (χ1) is 17.4. The molecule has 1 aliphatic rings. The van der Waals surface area contributed by atoms with Crippen LogP contribution < -0.4 is 5.69 Å². The number of alkyl halides is 2. The van der Waals surface area contributed by atoms with E-state index in [1.807, 2.05) is 0 Å². The van der Waals surface area contributed by atoms with E-state index in [0.29, 0.717) is 5.02 Å². The molecule has 14 heteroatoms. The Morgan fingerprint density at radius 2 is 2.08 bits per heavy atom. The van der Waals surface area contributed by atoms with Crippen LogP contribution >= 0.6 is 11.6 Å². The summed E-state index contributed by atoms with van der Waals surface area (Å²) in [5, 5.41) is 14.5. The number of carbonyl (C=O) groups excluding carboxylic acids is 1. The minimum absolute atomic E-state index is 0.0829. The van der Waals surface area contributed by atoms with Crippen LogP contribution in [0.1, 0.15) is 38.9 Å². The summed E-state index contributed by atoms with van der Waals surface area (Å²) in [6.07, 6.45) is -2.05. The average Bonchev–Trinajstić information content (AvgIpc) is 3.45. The summed E-state index contributed by atoms with van der Waals surface area (Å²) in [5.41, 5.74) is -3.54. The third-order valence-corrected chi connectivity index (χ3v) is 5.93. The molecule has 11 nitrogen and oxygen atoms in total. The highest BCUT2D eigenvalue weighted by Gasteiger charge is 2.67. The number of nitrogens with zero attached hydrogens (tertiary/aromatic N) is 5. The molecule has 0 saturated carbocycles. The van der Waals surface area contributed by atoms with Gasteiger partial charge in [0.1, 0.15) is 19.3 Å². The number of rotatable bonds is 8. The van der Waals surface area contributed by atoms with Gasteiger partial charge in [-0.1, -0.05) is 37.6 Å². The number of aromatic nitrogens is 5. The van der Waals surface area contributed by atoms with Gasteiger partial charge in [0.2, 0.25) is 6.10 Å². The van der Waals surface area contributed by atoms with E-state index in [2.05, 4.69) is 15.1 Å². The minimum atomic E-state index is -3.09. The van der Waals surface area contributed by atoms with Gasteiger partial charge in [-0.25, -0.2) is 23.2 Å². The number of hydrogen-bond acceptors (Lipinski definition) is 9. The molecule has 3 heterocycles. The molecule has 1 aromatic carbocycles. The van der Waals surface area contributed by atoms with Gasteiger partial charge in [-0.05, 0) is 25.1 Å². The maximum Gasteiger partial charge on any atom is 0.351 e. The molecule has 0 bridgehead atoms. The molecule has 1 aliphatic heterocycles. The third-order valence-electron chi connectivity index (χ3n) is 5.69. The van der Waals surface area contributed by atoms with Crippen LogP contribution in [0.4, 0.5) is 8.78 Å². The largest absolute Gasteiger partial charge is 0.452 e. The lowest BCUT2D eigenvalue weighted by molar-refractivity contribution is -0.249. The van der Waals surface area contributed by atoms with Crippen molar-refractivity contribution >= 4 is 17.6 Å². The van der Waals surface area contributed by atoms with Crippen molar-refractivity contribution < 1.29 is 32.9 Å². The molecule has 1 saturated heterocycles. The van der Waals surface area contributed by atoms with Gasteiger partial charge in [-0.3, -0.25) is 9.36 Å². The second kappa shape index (κ2) is 10.2. The maximum absolute atomic E-state index is 16.3. The van der Waals surface area contributed by atoms with Gasteiger partial charge in [-0.15, -0.1) is 0 Å². The molecular formula is C23H24ClF2N5O6. The van der Waals surface area contributed by atoms with Crippen molar-refractivity contribution in [1.29, 1.82) is 0 Å². The van der Waals surface area contributed by atoms with Crippen LogP contribution in [0.5, 0.6) is 0 Å². The van der Waals surface area contributed by atoms with E-state index in [-0.39, 0.29) is 11.4 Å². The first kappa shape index (κ1) is 26.8. The lowest BCUT2D eigenvalue weighted by Gasteiger charge is -2.30. The number of aliphatic hydroxyl groups excluding tert-OH is 1. The molecule has 198 valence electrons. The van der Waals surface area contributed by atoms with Crippen LogP contribution in [-0.2, 0) is 19.0 Å². The van der Waals surface area contributed by atoms with Crippen molar-refractivity contribution in [2.75, 3.05) is 6.61 Å². The Kier molecular flexibility index (Phi) is 7.42. The second-order valence-electron chi connectivity index (χ2n) is 8.91. The summed E-state index contributed by atoms with van der Waals surface area (Å²) < 4.78 is 50.2. The van der Waals surface area contributed by atoms with E-state index in [1.165, 1.54) is 49.4 Å². The number of halogens is 3. The van der Waals surface area contributed by atoms with E-state index >= 15 is 8.78 Å². The summed E-state index contributed by atoms with van der Waals surface area (Å²) in [4.78, 5) is 32.7. The van der Waals surface area contributed by atoms with E-state index in [9.17, 15) is 14.7 Å². The molecule has 4 rings (SSSR count). The summed E-state index contributed by atoms with van der Waals surface area (Å²) >= 11 is 5.92. The van der Waals surface area contributed by atoms with Crippen LogP contribution in [0, 0.1) is 5.92 Å². The molecule has 2 aromatic heterocycles. The molecule has 0 radical (unpaired) electrons. The van der Waals surface area contributed by atoms with Crippen LogP contribution in [-0.4, -0.2) is 59.6 Å². The molecular weight excluding hydrogens is 516 g/mol. The van der Waals surface area contributed by atoms with Crippen LogP contribution in [0.2, 0.25) is 5.02 Å². The van der Waals surface area contributed by atoms with Crippen LogP contribution in [0.3, 0.4) is 0 Å². The van der Waals surface area contributed by atoms with Crippen LogP contribution in [0.25, 0.3) is 5.82 Å². The van der Waals surface area contributed by atoms with Gasteiger partial charge in [0, 0.05) is 16.8 Å². The number of benzene rings is 1. The van der Waals surface area contributed by atoms with Crippen LogP contribution in [0.15, 0.2) is 54.0 Å². The van der Waals surface area contributed by atoms with Crippen molar-refractivity contribution in [3.8, 4) is 5.82 Å². The van der Waals surface area contributed by atoms with Crippen molar-refractivity contribution in [3.63, 3.8) is 0 Å². The molecule has 1 unspecified atom stereocenters. The van der Waals surface area contributed by atoms with E-state index in [0.717, 1.165) is 17.7 Å². The third kappa shape index (κ3) is 5.39. The summed E-state index contributed by atoms with van der Waals surface area (Å²) in [5.74, 6) is -4.63. The van der Waals surface area contributed by atoms with Gasteiger partial charge in [0.15, 0.2) is 24.0 Å². The lowest BCUT2D eigenvalue weighted by atomic mass is 9.96. The second-order valence-corrected chi connectivity index (χ2v) is 9.35. The summed E-state index contributed by atoms with van der Waals surface area (Å²) in [6.45, 7) is 2.86. The van der Waals surface area contributed by atoms with E-state index in [4.69, 9.17) is 25.8 Å². The molecule has 1 fully saturated rings. The Morgan fingerprint density at radius 3 is 2.70 bits per heavy atom. The van der Waals surface area contributed by atoms with Gasteiger partial charge >= 0.3 is 11.7 Å². The topological polar surface area (TPSA) is 131 Å². The quantitative estimate of drug-likeness (QED) is 0.339. The highest BCUT2D eigenvalue weighted by molar-refractivity contribution is 6.30. The monoisotopic (exact) mass is 539 g/mol. The molecule has 0 aliphatic carbocycles. The van der Waals surface area contributed by atoms with Crippen molar-refractivity contribution in [3.05, 3.63) is 70.3 Å². The molecule has 3 aromatic rings. The number of ether oxygens (including phenoxy) is 3. The Labute approximate surface area is 214 Å². The SMILES string of the molecule is CC(C)C(=O)O[C@H]1[C@@](C)(F)[C@H](n2ccc(-n3cncn3)nc2=O)O[C@]1(F)COC(O)c1cccc(Cl)c1. The Bertz CT molecular complexity index is 1320. The maximum atomic E-state index is 16.3. The van der Waals surface area contributed by atoms with E-state index < -0.39 is 54.3 Å². The summed E-state index contributed by atoms with van der Waals surface area (Å²) in [6, 6.07) is 7.31. The first-order valence-corrected chi connectivity index (χ1v) is 11.6. The fourth-order valence-corrected chi connectivity index (χ4v) is 3.99. The van der Waals surface area contributed by atoms with Gasteiger partial charge in [0.05, 0.1) is 5.92 Å². The molecule has 1 N–H and O–H groups in total. The normalized spacial score (nSPS) is 26.4. The smallest absolute Gasteiger partial charge is 0.351 e. The standard InChI is InChI=1S/C23H24ClF2N5O6/c1-13(2)17(32)36-19-22(3,25)20(30-8-7-16(29-21(30)34)31-12-27-11-28-31)37-23(19,26)10-35-18(33)14-5-4-6-15(24)9-14/h4-9,11-13,18-20,33H,10H2,1-3H3/t18?,19-,20+,22+,23+/m0/s1. The highest BCUT2D eigenvalue weighted by Crippen LogP contribution is 2.49. The Balaban J connectivity index is 1.65. The minimum Gasteiger partial charge on any atom is -0.452 e. The number of aliphatic hydroxyl groups is 1.